The van der Waals surface area contributed by atoms with Crippen LogP contribution in [0.3, 0.4) is 0 Å². The van der Waals surface area contributed by atoms with Crippen LogP contribution in [0.15, 0.2) is 43.5 Å². The summed E-state index contributed by atoms with van der Waals surface area (Å²) in [6, 6.07) is 4.78. The number of hydrogen-bond donors (Lipinski definition) is 1. The first-order chi connectivity index (χ1) is 19.7. The van der Waals surface area contributed by atoms with Crippen molar-refractivity contribution in [3.8, 4) is 0 Å². The van der Waals surface area contributed by atoms with Crippen LogP contribution in [0.4, 0.5) is 5.69 Å². The van der Waals surface area contributed by atoms with Gasteiger partial charge in [-0.05, 0) is 50.7 Å². The number of benzene rings is 1. The highest BCUT2D eigenvalue weighted by molar-refractivity contribution is 9.09. The maximum Gasteiger partial charge on any atom is 0.251 e. The number of aliphatic hydroxyl groups excluding tert-OH is 1. The molecule has 0 saturated carbocycles. The molecular weight excluding hydrogens is 626 g/mol. The number of amides is 3. The topological polar surface area (TPSA) is 81.2 Å². The Kier molecular flexibility index (Phi) is 10.7. The zero-order valence-corrected chi connectivity index (χ0v) is 27.1. The summed E-state index contributed by atoms with van der Waals surface area (Å²) in [5, 5.41) is 9.67. The Morgan fingerprint density at radius 3 is 2.59 bits per heavy atom. The molecule has 41 heavy (non-hydrogen) atoms. The van der Waals surface area contributed by atoms with Crippen LogP contribution < -0.4 is 4.90 Å². The number of thioether (sulfide) groups is 1. The summed E-state index contributed by atoms with van der Waals surface area (Å²) in [6.07, 6.45) is 6.85. The van der Waals surface area contributed by atoms with Crippen LogP contribution in [0.2, 0.25) is 5.02 Å². The third-order valence-corrected chi connectivity index (χ3v) is 12.1. The predicted octanol–water partition coefficient (Wildman–Crippen LogP) is 5.22. The van der Waals surface area contributed by atoms with Gasteiger partial charge in [-0.25, -0.2) is 0 Å². The van der Waals surface area contributed by atoms with Crippen LogP contribution in [0, 0.1) is 18.8 Å². The van der Waals surface area contributed by atoms with Crippen molar-refractivity contribution in [1.82, 2.24) is 9.80 Å². The molecule has 10 heteroatoms. The molecule has 3 saturated heterocycles. The average molecular weight is 667 g/mol. The molecule has 1 aromatic carbocycles. The largest absolute Gasteiger partial charge is 0.396 e. The van der Waals surface area contributed by atoms with E-state index in [0.29, 0.717) is 49.6 Å². The van der Waals surface area contributed by atoms with Gasteiger partial charge in [-0.1, -0.05) is 58.7 Å². The van der Waals surface area contributed by atoms with Crippen molar-refractivity contribution in [2.45, 2.75) is 66.8 Å². The average Bonchev–Trinajstić information content (AvgIpc) is 3.53. The Bertz CT molecular complexity index is 1160. The van der Waals surface area contributed by atoms with Gasteiger partial charge in [0.15, 0.2) is 0 Å². The SMILES string of the molecule is C=CCN(CCC)C(=O)[C@H]1[C@H]2C(=O)N(CCCCCO)C(C(=O)N(CC=C)c3c(C)cccc3Cl)C23CC(Br)[C@@H]1S3. The number of nitrogens with zero attached hydrogens (tertiary/aromatic N) is 3. The highest BCUT2D eigenvalue weighted by Crippen LogP contribution is 2.68. The molecule has 2 bridgehead atoms. The maximum atomic E-state index is 14.8. The molecule has 0 aliphatic carbocycles. The normalized spacial score (nSPS) is 28.1. The minimum atomic E-state index is -0.753. The van der Waals surface area contributed by atoms with Crippen molar-refractivity contribution in [2.24, 2.45) is 11.8 Å². The zero-order chi connectivity index (χ0) is 29.9. The predicted molar refractivity (Wildman–Crippen MR) is 171 cm³/mol. The summed E-state index contributed by atoms with van der Waals surface area (Å²) in [7, 11) is 0. The van der Waals surface area contributed by atoms with Crippen molar-refractivity contribution in [3.05, 3.63) is 54.1 Å². The number of hydrogen-bond acceptors (Lipinski definition) is 5. The van der Waals surface area contributed by atoms with E-state index in [1.54, 1.807) is 44.7 Å². The fourth-order valence-electron chi connectivity index (χ4n) is 6.96. The van der Waals surface area contributed by atoms with Crippen LogP contribution in [-0.2, 0) is 14.4 Å². The Hall–Kier alpha value is -1.81. The summed E-state index contributed by atoms with van der Waals surface area (Å²) in [6.45, 7) is 13.4. The van der Waals surface area contributed by atoms with Crippen molar-refractivity contribution in [1.29, 1.82) is 0 Å². The summed E-state index contributed by atoms with van der Waals surface area (Å²) < 4.78 is -0.745. The Morgan fingerprint density at radius 1 is 1.22 bits per heavy atom. The van der Waals surface area contributed by atoms with Gasteiger partial charge in [-0.2, -0.15) is 0 Å². The number of carbonyl (C=O) groups excluding carboxylic acids is 3. The van der Waals surface area contributed by atoms with Crippen molar-refractivity contribution in [2.75, 3.05) is 37.7 Å². The third kappa shape index (κ3) is 5.76. The number of halogens is 2. The molecule has 3 aliphatic rings. The monoisotopic (exact) mass is 665 g/mol. The molecule has 1 spiro atoms. The number of likely N-dealkylation sites (tertiary alicyclic amines) is 1. The minimum Gasteiger partial charge on any atom is -0.396 e. The Labute approximate surface area is 261 Å². The summed E-state index contributed by atoms with van der Waals surface area (Å²) in [5.41, 5.74) is 1.47. The second kappa shape index (κ2) is 13.7. The molecule has 1 aromatic rings. The van der Waals surface area contributed by atoms with E-state index in [9.17, 15) is 19.5 Å². The highest BCUT2D eigenvalue weighted by atomic mass is 79.9. The molecule has 3 heterocycles. The molecule has 6 atom stereocenters. The van der Waals surface area contributed by atoms with E-state index in [1.165, 1.54) is 0 Å². The molecule has 224 valence electrons. The number of aliphatic hydroxyl groups is 1. The molecule has 0 aromatic heterocycles. The smallest absolute Gasteiger partial charge is 0.251 e. The van der Waals surface area contributed by atoms with Crippen LogP contribution in [0.5, 0.6) is 0 Å². The number of carbonyl (C=O) groups is 3. The quantitative estimate of drug-likeness (QED) is 0.167. The van der Waals surface area contributed by atoms with Gasteiger partial charge in [0, 0.05) is 42.9 Å². The first kappa shape index (κ1) is 32.1. The number of anilines is 1. The summed E-state index contributed by atoms with van der Waals surface area (Å²) >= 11 is 12.2. The molecule has 4 rings (SSSR count). The van der Waals surface area contributed by atoms with Gasteiger partial charge in [0.25, 0.3) is 5.91 Å². The molecule has 3 fully saturated rings. The Morgan fingerprint density at radius 2 is 1.95 bits per heavy atom. The van der Waals surface area contributed by atoms with Gasteiger partial charge in [0.1, 0.15) is 6.04 Å². The van der Waals surface area contributed by atoms with Crippen LogP contribution in [0.25, 0.3) is 0 Å². The van der Waals surface area contributed by atoms with Gasteiger partial charge >= 0.3 is 0 Å². The minimum absolute atomic E-state index is 0.00255. The maximum absolute atomic E-state index is 14.8. The van der Waals surface area contributed by atoms with E-state index in [2.05, 4.69) is 29.1 Å². The number of para-hydroxylation sites is 1. The first-order valence-electron chi connectivity index (χ1n) is 14.5. The number of rotatable bonds is 14. The summed E-state index contributed by atoms with van der Waals surface area (Å²) in [5.74, 6) is -1.47. The van der Waals surface area contributed by atoms with Crippen LogP contribution in [-0.4, -0.2) is 86.3 Å². The number of fused-ring (bicyclic) bond motifs is 1. The lowest BCUT2D eigenvalue weighted by Gasteiger charge is -2.39. The van der Waals surface area contributed by atoms with E-state index in [4.69, 9.17) is 11.6 Å². The van der Waals surface area contributed by atoms with Gasteiger partial charge < -0.3 is 19.8 Å². The lowest BCUT2D eigenvalue weighted by atomic mass is 9.70. The fraction of sp³-hybridized carbons (Fsp3) is 0.581. The number of alkyl halides is 1. The highest BCUT2D eigenvalue weighted by Gasteiger charge is 2.76. The molecule has 0 radical (unpaired) electrons. The molecular formula is C31H41BrClN3O4S. The van der Waals surface area contributed by atoms with E-state index in [-0.39, 0.29) is 41.0 Å². The number of unbranched alkanes of at least 4 members (excludes halogenated alkanes) is 2. The van der Waals surface area contributed by atoms with Gasteiger partial charge in [0.2, 0.25) is 11.8 Å². The standard InChI is InChI=1S/C31H41BrClN3O4S/c1-5-14-34(15-6-2)28(38)23-24-29(39)36(17-9-8-10-18-37)27(31(24)19-21(32)26(23)41-31)30(40)35(16-7-3)25-20(4)12-11-13-22(25)33/h5,7,11-13,21,23-24,26-27,37H,1,3,6,8-10,14-19H2,2,4H3/t21?,23-,24-,26-,27?,31?/m0/s1. The van der Waals surface area contributed by atoms with Gasteiger partial charge in [-0.3, -0.25) is 14.4 Å². The molecule has 3 amide bonds. The van der Waals surface area contributed by atoms with Crippen molar-refractivity contribution >= 4 is 62.7 Å². The van der Waals surface area contributed by atoms with E-state index < -0.39 is 22.6 Å². The first-order valence-corrected chi connectivity index (χ1v) is 16.7. The third-order valence-electron chi connectivity index (χ3n) is 8.56. The fourth-order valence-corrected chi connectivity index (χ4v) is 10.9. The second-order valence-corrected chi connectivity index (χ2v) is 14.3. The molecule has 1 N–H and O–H groups in total. The lowest BCUT2D eigenvalue weighted by Crippen LogP contribution is -2.56. The van der Waals surface area contributed by atoms with E-state index >= 15 is 0 Å². The molecule has 3 aliphatic heterocycles. The van der Waals surface area contributed by atoms with Crippen molar-refractivity contribution in [3.63, 3.8) is 0 Å². The van der Waals surface area contributed by atoms with E-state index in [1.807, 2.05) is 26.0 Å². The van der Waals surface area contributed by atoms with Gasteiger partial charge in [0.05, 0.1) is 27.3 Å². The number of aryl methyl sites for hydroxylation is 1. The zero-order valence-electron chi connectivity index (χ0n) is 23.9. The van der Waals surface area contributed by atoms with Crippen molar-refractivity contribution < 1.29 is 19.5 Å². The Balaban J connectivity index is 1.80. The van der Waals surface area contributed by atoms with Crippen LogP contribution >= 0.6 is 39.3 Å². The van der Waals surface area contributed by atoms with E-state index in [0.717, 1.165) is 18.4 Å². The van der Waals surface area contributed by atoms with Gasteiger partial charge in [-0.15, -0.1) is 24.9 Å². The second-order valence-electron chi connectivity index (χ2n) is 11.2. The molecule has 7 nitrogen and oxygen atoms in total. The van der Waals surface area contributed by atoms with Crippen LogP contribution in [0.1, 0.15) is 44.6 Å². The molecule has 3 unspecified atom stereocenters. The summed E-state index contributed by atoms with van der Waals surface area (Å²) in [4.78, 5) is 48.5. The lowest BCUT2D eigenvalue weighted by molar-refractivity contribution is -0.143.